The number of hydrogen-bond donors (Lipinski definition) is 1. The van der Waals surface area contributed by atoms with E-state index in [4.69, 9.17) is 16.1 Å². The number of nitrogens with one attached hydrogen (secondary N) is 1. The number of aromatic nitrogens is 4. The minimum absolute atomic E-state index is 0.0220. The molecular weight excluding hydrogens is 333 g/mol. The number of anilines is 1. The molecule has 2 heterocycles. The summed E-state index contributed by atoms with van der Waals surface area (Å²) in [5, 5.41) is 7.32. The highest BCUT2D eigenvalue weighted by molar-refractivity contribution is 6.31. The van der Waals surface area contributed by atoms with E-state index in [9.17, 15) is 4.39 Å². The van der Waals surface area contributed by atoms with Gasteiger partial charge in [0.2, 0.25) is 11.7 Å². The van der Waals surface area contributed by atoms with Crippen LogP contribution in [0.15, 0.2) is 35.1 Å². The molecule has 0 spiro atoms. The number of halogens is 2. The number of benzene rings is 1. The van der Waals surface area contributed by atoms with Gasteiger partial charge in [-0.25, -0.2) is 14.4 Å². The first kappa shape index (κ1) is 15.0. The van der Waals surface area contributed by atoms with Crippen molar-refractivity contribution in [3.05, 3.63) is 52.9 Å². The summed E-state index contributed by atoms with van der Waals surface area (Å²) < 4.78 is 19.3. The van der Waals surface area contributed by atoms with Crippen LogP contribution in [0.3, 0.4) is 0 Å². The van der Waals surface area contributed by atoms with E-state index < -0.39 is 0 Å². The van der Waals surface area contributed by atoms with E-state index in [0.29, 0.717) is 33.8 Å². The molecule has 0 aliphatic heterocycles. The molecule has 2 aromatic heterocycles. The predicted octanol–water partition coefficient (Wildman–Crippen LogP) is 3.63. The van der Waals surface area contributed by atoms with Crippen LogP contribution in [0.1, 0.15) is 29.7 Å². The number of nitrogens with zero attached hydrogens (tertiary/aromatic N) is 4. The highest BCUT2D eigenvalue weighted by Crippen LogP contribution is 2.56. The lowest BCUT2D eigenvalue weighted by atomic mass is 10.1. The van der Waals surface area contributed by atoms with E-state index in [-0.39, 0.29) is 17.7 Å². The Kier molecular flexibility index (Phi) is 3.65. The van der Waals surface area contributed by atoms with Crippen LogP contribution in [0.2, 0.25) is 5.02 Å². The molecule has 0 unspecified atom stereocenters. The molecule has 2 atom stereocenters. The molecule has 8 heteroatoms. The van der Waals surface area contributed by atoms with Gasteiger partial charge < -0.3 is 9.84 Å². The first-order chi connectivity index (χ1) is 11.7. The molecule has 1 fully saturated rings. The van der Waals surface area contributed by atoms with Gasteiger partial charge in [-0.15, -0.1) is 0 Å². The summed E-state index contributed by atoms with van der Waals surface area (Å²) in [7, 11) is 1.76. The van der Waals surface area contributed by atoms with Gasteiger partial charge in [0.05, 0.1) is 0 Å². The molecule has 6 nitrogen and oxygen atoms in total. The molecule has 0 amide bonds. The van der Waals surface area contributed by atoms with Crippen molar-refractivity contribution in [1.29, 1.82) is 0 Å². The minimum atomic E-state index is -0.302. The lowest BCUT2D eigenvalue weighted by Gasteiger charge is -2.03. The minimum Gasteiger partial charge on any atom is -0.373 e. The maximum atomic E-state index is 14.0. The molecule has 0 saturated heterocycles. The van der Waals surface area contributed by atoms with Gasteiger partial charge >= 0.3 is 0 Å². The summed E-state index contributed by atoms with van der Waals surface area (Å²) in [4.78, 5) is 12.6. The van der Waals surface area contributed by atoms with Crippen LogP contribution in [0.25, 0.3) is 11.5 Å². The maximum Gasteiger partial charge on any atom is 0.230 e. The van der Waals surface area contributed by atoms with E-state index in [1.807, 2.05) is 0 Å². The Morgan fingerprint density at radius 3 is 2.96 bits per heavy atom. The summed E-state index contributed by atoms with van der Waals surface area (Å²) in [6.07, 6.45) is 2.16. The van der Waals surface area contributed by atoms with E-state index >= 15 is 0 Å². The van der Waals surface area contributed by atoms with Crippen molar-refractivity contribution >= 4 is 17.4 Å². The van der Waals surface area contributed by atoms with E-state index in [1.165, 1.54) is 12.4 Å². The molecule has 24 heavy (non-hydrogen) atoms. The third kappa shape index (κ3) is 2.60. The largest absolute Gasteiger partial charge is 0.373 e. The van der Waals surface area contributed by atoms with E-state index in [2.05, 4.69) is 25.4 Å². The van der Waals surface area contributed by atoms with Crippen LogP contribution in [-0.4, -0.2) is 27.2 Å². The molecule has 1 aliphatic carbocycles. The fourth-order valence-corrected chi connectivity index (χ4v) is 3.06. The zero-order valence-electron chi connectivity index (χ0n) is 12.7. The Morgan fingerprint density at radius 2 is 2.17 bits per heavy atom. The summed E-state index contributed by atoms with van der Waals surface area (Å²) in [5.74, 6) is 1.16. The van der Waals surface area contributed by atoms with E-state index in [1.54, 1.807) is 25.2 Å². The fraction of sp³-hybridized carbons (Fsp3) is 0.250. The Bertz CT molecular complexity index is 879. The lowest BCUT2D eigenvalue weighted by Crippen LogP contribution is -1.95. The molecule has 4 rings (SSSR count). The zero-order chi connectivity index (χ0) is 16.7. The van der Waals surface area contributed by atoms with Gasteiger partial charge in [-0.2, -0.15) is 4.98 Å². The van der Waals surface area contributed by atoms with Crippen molar-refractivity contribution in [2.75, 3.05) is 12.4 Å². The smallest absolute Gasteiger partial charge is 0.230 e. The Hall–Kier alpha value is -2.54. The first-order valence-electron chi connectivity index (χ1n) is 7.45. The third-order valence-corrected chi connectivity index (χ3v) is 4.40. The third-order valence-electron chi connectivity index (χ3n) is 4.07. The molecule has 122 valence electrons. The van der Waals surface area contributed by atoms with Gasteiger partial charge in [0.15, 0.2) is 0 Å². The van der Waals surface area contributed by atoms with Gasteiger partial charge in [-0.1, -0.05) is 22.8 Å². The monoisotopic (exact) mass is 345 g/mol. The van der Waals surface area contributed by atoms with Crippen molar-refractivity contribution in [2.45, 2.75) is 18.3 Å². The van der Waals surface area contributed by atoms with Crippen molar-refractivity contribution in [3.8, 4) is 11.5 Å². The number of hydrogen-bond acceptors (Lipinski definition) is 6. The second-order valence-corrected chi connectivity index (χ2v) is 5.99. The van der Waals surface area contributed by atoms with Gasteiger partial charge in [0.25, 0.3) is 0 Å². The maximum absolute atomic E-state index is 14.0. The second kappa shape index (κ2) is 5.83. The molecule has 3 aromatic rings. The molecule has 1 saturated carbocycles. The lowest BCUT2D eigenvalue weighted by molar-refractivity contribution is 0.378. The van der Waals surface area contributed by atoms with Crippen LogP contribution in [0.4, 0.5) is 10.2 Å². The standard InChI is InChI=1S/C16H13ClFN5O/c1-19-13-6-12(20-7-21-13)15-22-16(24-23-15)9-5-8(9)14-10(17)3-2-4-11(14)18/h2-4,6-9H,5H2,1H3,(H,19,20,21)/t8-,9-/m1/s1. The highest BCUT2D eigenvalue weighted by atomic mass is 35.5. The number of rotatable bonds is 4. The summed E-state index contributed by atoms with van der Waals surface area (Å²) in [6.45, 7) is 0. The van der Waals surface area contributed by atoms with E-state index in [0.717, 1.165) is 6.42 Å². The van der Waals surface area contributed by atoms with Crippen LogP contribution in [0.5, 0.6) is 0 Å². The predicted molar refractivity (Wildman–Crippen MR) is 86.4 cm³/mol. The SMILES string of the molecule is CNc1cc(-c2noc([C@@H]3C[C@H]3c3c(F)cccc3Cl)n2)ncn1. The highest BCUT2D eigenvalue weighted by Gasteiger charge is 2.46. The Morgan fingerprint density at radius 1 is 1.29 bits per heavy atom. The molecule has 0 radical (unpaired) electrons. The van der Waals surface area contributed by atoms with Crippen molar-refractivity contribution < 1.29 is 8.91 Å². The quantitative estimate of drug-likeness (QED) is 0.778. The van der Waals surface area contributed by atoms with Crippen LogP contribution in [-0.2, 0) is 0 Å². The van der Waals surface area contributed by atoms with Crippen molar-refractivity contribution in [1.82, 2.24) is 20.1 Å². The normalized spacial score (nSPS) is 19.3. The Balaban J connectivity index is 1.58. The molecular formula is C16H13ClFN5O. The summed E-state index contributed by atoms with van der Waals surface area (Å²) >= 11 is 6.12. The van der Waals surface area contributed by atoms with Gasteiger partial charge in [0.1, 0.15) is 23.7 Å². The van der Waals surface area contributed by atoms with Gasteiger partial charge in [0, 0.05) is 35.5 Å². The van der Waals surface area contributed by atoms with Gasteiger partial charge in [-0.3, -0.25) is 0 Å². The first-order valence-corrected chi connectivity index (χ1v) is 7.83. The molecule has 1 aromatic carbocycles. The van der Waals surface area contributed by atoms with Crippen molar-refractivity contribution in [2.24, 2.45) is 0 Å². The fourth-order valence-electron chi connectivity index (χ4n) is 2.76. The Labute approximate surface area is 142 Å². The molecule has 1 N–H and O–H groups in total. The van der Waals surface area contributed by atoms with Crippen LogP contribution < -0.4 is 5.32 Å². The topological polar surface area (TPSA) is 76.7 Å². The second-order valence-electron chi connectivity index (χ2n) is 5.58. The zero-order valence-corrected chi connectivity index (χ0v) is 13.5. The summed E-state index contributed by atoms with van der Waals surface area (Å²) in [5.41, 5.74) is 1.08. The van der Waals surface area contributed by atoms with Crippen LogP contribution in [0, 0.1) is 5.82 Å². The molecule has 0 bridgehead atoms. The van der Waals surface area contributed by atoms with Crippen molar-refractivity contribution in [3.63, 3.8) is 0 Å². The van der Waals surface area contributed by atoms with Gasteiger partial charge in [-0.05, 0) is 18.6 Å². The molecule has 1 aliphatic rings. The average molecular weight is 346 g/mol. The average Bonchev–Trinajstić information content (AvgIpc) is 3.21. The summed E-state index contributed by atoms with van der Waals surface area (Å²) in [6, 6.07) is 6.43. The van der Waals surface area contributed by atoms with Crippen LogP contribution >= 0.6 is 11.6 Å².